The summed E-state index contributed by atoms with van der Waals surface area (Å²) < 4.78 is 1.62. The highest BCUT2D eigenvalue weighted by atomic mass is 16.4. The van der Waals surface area contributed by atoms with Crippen LogP contribution in [0.15, 0.2) is 41.3 Å². The lowest BCUT2D eigenvalue weighted by molar-refractivity contribution is 0.0698. The van der Waals surface area contributed by atoms with E-state index < -0.39 is 5.97 Å². The minimum Gasteiger partial charge on any atom is -0.478 e. The molecule has 1 fully saturated rings. The molecular formula is C26H33N5O3. The summed E-state index contributed by atoms with van der Waals surface area (Å²) in [4.78, 5) is 34.5. The second-order valence-electron chi connectivity index (χ2n) is 9.43. The topological polar surface area (TPSA) is 90.2 Å². The summed E-state index contributed by atoms with van der Waals surface area (Å²) in [7, 11) is 4.22. The molecule has 0 bridgehead atoms. The molecule has 3 aromatic rings. The normalized spacial score (nSPS) is 15.6. The molecule has 0 unspecified atom stereocenters. The van der Waals surface area contributed by atoms with Crippen LogP contribution in [-0.2, 0) is 0 Å². The van der Waals surface area contributed by atoms with E-state index in [0.717, 1.165) is 42.9 Å². The number of benzene rings is 1. The zero-order valence-electron chi connectivity index (χ0n) is 20.5. The molecule has 0 radical (unpaired) electrons. The van der Waals surface area contributed by atoms with E-state index in [-0.39, 0.29) is 17.2 Å². The SMILES string of the molecule is Cc1cc([C@@H](C)Nc2ccccc2C(=O)O)c2nc(N3CCC(N(C)C)CC3)c(C)c(=O)n2c1. The van der Waals surface area contributed by atoms with E-state index in [4.69, 9.17) is 4.98 Å². The molecular weight excluding hydrogens is 430 g/mol. The molecule has 8 heteroatoms. The Morgan fingerprint density at radius 2 is 1.88 bits per heavy atom. The maximum absolute atomic E-state index is 13.4. The van der Waals surface area contributed by atoms with Gasteiger partial charge in [-0.2, -0.15) is 0 Å². The van der Waals surface area contributed by atoms with Crippen LogP contribution >= 0.6 is 0 Å². The highest BCUT2D eigenvalue weighted by Gasteiger charge is 2.25. The van der Waals surface area contributed by atoms with Crippen LogP contribution in [0.4, 0.5) is 11.5 Å². The molecule has 4 rings (SSSR count). The van der Waals surface area contributed by atoms with Gasteiger partial charge in [0.2, 0.25) is 0 Å². The Hall–Kier alpha value is -3.39. The molecule has 0 amide bonds. The van der Waals surface area contributed by atoms with Gasteiger partial charge in [-0.3, -0.25) is 9.20 Å². The Balaban J connectivity index is 1.76. The third kappa shape index (κ3) is 4.50. The summed E-state index contributed by atoms with van der Waals surface area (Å²) in [6.07, 6.45) is 3.87. The predicted molar refractivity (Wildman–Crippen MR) is 135 cm³/mol. The lowest BCUT2D eigenvalue weighted by Gasteiger charge is -2.36. The van der Waals surface area contributed by atoms with Gasteiger partial charge < -0.3 is 20.2 Å². The van der Waals surface area contributed by atoms with Crippen LogP contribution in [0.3, 0.4) is 0 Å². The molecule has 3 heterocycles. The van der Waals surface area contributed by atoms with Crippen molar-refractivity contribution in [2.45, 2.75) is 45.7 Å². The number of aromatic nitrogens is 2. The molecule has 1 saturated heterocycles. The van der Waals surface area contributed by atoms with Crippen LogP contribution in [-0.4, -0.2) is 58.6 Å². The first kappa shape index (κ1) is 23.8. The zero-order valence-corrected chi connectivity index (χ0v) is 20.5. The van der Waals surface area contributed by atoms with Gasteiger partial charge in [0.25, 0.3) is 5.56 Å². The summed E-state index contributed by atoms with van der Waals surface area (Å²) >= 11 is 0. The molecule has 8 nitrogen and oxygen atoms in total. The predicted octanol–water partition coefficient (Wildman–Crippen LogP) is 3.71. The van der Waals surface area contributed by atoms with Gasteiger partial charge in [-0.1, -0.05) is 12.1 Å². The second kappa shape index (κ2) is 9.46. The van der Waals surface area contributed by atoms with Crippen molar-refractivity contribution in [2.75, 3.05) is 37.4 Å². The monoisotopic (exact) mass is 463 g/mol. The fourth-order valence-electron chi connectivity index (χ4n) is 4.81. The van der Waals surface area contributed by atoms with E-state index in [1.807, 2.05) is 33.0 Å². The number of aromatic carboxylic acids is 1. The van der Waals surface area contributed by atoms with Crippen molar-refractivity contribution in [2.24, 2.45) is 0 Å². The van der Waals surface area contributed by atoms with Gasteiger partial charge in [0.15, 0.2) is 0 Å². The fraction of sp³-hybridized carbons (Fsp3) is 0.423. The molecule has 180 valence electrons. The summed E-state index contributed by atoms with van der Waals surface area (Å²) in [6, 6.07) is 9.12. The van der Waals surface area contributed by atoms with Crippen molar-refractivity contribution in [3.63, 3.8) is 0 Å². The van der Waals surface area contributed by atoms with E-state index in [2.05, 4.69) is 29.2 Å². The molecule has 1 aliphatic heterocycles. The zero-order chi connectivity index (χ0) is 24.6. The van der Waals surface area contributed by atoms with Crippen LogP contribution in [0.1, 0.15) is 52.9 Å². The number of carbonyl (C=O) groups is 1. The number of rotatable bonds is 6. The van der Waals surface area contributed by atoms with E-state index >= 15 is 0 Å². The number of hydrogen-bond donors (Lipinski definition) is 2. The average molecular weight is 464 g/mol. The lowest BCUT2D eigenvalue weighted by Crippen LogP contribution is -2.43. The maximum atomic E-state index is 13.4. The molecule has 0 aliphatic carbocycles. The first-order valence-corrected chi connectivity index (χ1v) is 11.7. The Morgan fingerprint density at radius 3 is 2.53 bits per heavy atom. The largest absolute Gasteiger partial charge is 0.478 e. The number of hydrogen-bond acceptors (Lipinski definition) is 6. The number of para-hydroxylation sites is 1. The van der Waals surface area contributed by atoms with E-state index in [1.54, 1.807) is 28.7 Å². The van der Waals surface area contributed by atoms with E-state index in [0.29, 0.717) is 22.9 Å². The first-order valence-electron chi connectivity index (χ1n) is 11.7. The fourth-order valence-corrected chi connectivity index (χ4v) is 4.81. The van der Waals surface area contributed by atoms with Crippen molar-refractivity contribution in [1.82, 2.24) is 14.3 Å². The summed E-state index contributed by atoms with van der Waals surface area (Å²) in [5, 5.41) is 12.9. The van der Waals surface area contributed by atoms with Crippen LogP contribution in [0.5, 0.6) is 0 Å². The van der Waals surface area contributed by atoms with Crippen molar-refractivity contribution < 1.29 is 9.90 Å². The van der Waals surface area contributed by atoms with Crippen LogP contribution in [0, 0.1) is 13.8 Å². The molecule has 2 aromatic heterocycles. The number of nitrogens with zero attached hydrogens (tertiary/aromatic N) is 4. The molecule has 1 atom stereocenters. The van der Waals surface area contributed by atoms with Gasteiger partial charge in [0.1, 0.15) is 11.5 Å². The quantitative estimate of drug-likeness (QED) is 0.576. The summed E-state index contributed by atoms with van der Waals surface area (Å²) in [5.41, 5.74) is 3.69. The first-order chi connectivity index (χ1) is 16.2. The molecule has 1 aromatic carbocycles. The Labute approximate surface area is 199 Å². The van der Waals surface area contributed by atoms with Crippen molar-refractivity contribution in [3.8, 4) is 0 Å². The Morgan fingerprint density at radius 1 is 1.21 bits per heavy atom. The van der Waals surface area contributed by atoms with Crippen molar-refractivity contribution in [3.05, 3.63) is 69.1 Å². The molecule has 0 saturated carbocycles. The van der Waals surface area contributed by atoms with Gasteiger partial charge >= 0.3 is 5.97 Å². The number of anilines is 2. The van der Waals surface area contributed by atoms with Crippen LogP contribution < -0.4 is 15.8 Å². The van der Waals surface area contributed by atoms with Gasteiger partial charge in [-0.15, -0.1) is 0 Å². The second-order valence-corrected chi connectivity index (χ2v) is 9.43. The van der Waals surface area contributed by atoms with Crippen molar-refractivity contribution in [1.29, 1.82) is 0 Å². The lowest BCUT2D eigenvalue weighted by atomic mass is 10.0. The summed E-state index contributed by atoms with van der Waals surface area (Å²) in [5.74, 6) is -0.247. The molecule has 0 spiro atoms. The number of piperidine rings is 1. The number of carboxylic acid groups (broad SMARTS) is 1. The van der Waals surface area contributed by atoms with E-state index in [1.165, 1.54) is 0 Å². The third-order valence-electron chi connectivity index (χ3n) is 6.78. The summed E-state index contributed by atoms with van der Waals surface area (Å²) in [6.45, 7) is 7.47. The van der Waals surface area contributed by atoms with Gasteiger partial charge in [0.05, 0.1) is 17.2 Å². The molecule has 2 N–H and O–H groups in total. The average Bonchev–Trinajstić information content (AvgIpc) is 2.81. The minimum absolute atomic E-state index is 0.0715. The standard InChI is InChI=1S/C26H33N5O3/c1-16-14-21(18(3)27-22-9-7-6-8-20(22)26(33)34)24-28-23(17(2)25(32)31(24)15-16)30-12-10-19(11-13-30)29(4)5/h6-9,14-15,18-19,27H,10-13H2,1-5H3,(H,33,34)/t18-/m1/s1. The number of aryl methyl sites for hydroxylation is 1. The highest BCUT2D eigenvalue weighted by molar-refractivity contribution is 5.94. The third-order valence-corrected chi connectivity index (χ3v) is 6.78. The minimum atomic E-state index is -0.988. The van der Waals surface area contributed by atoms with Gasteiger partial charge in [-0.25, -0.2) is 9.78 Å². The van der Waals surface area contributed by atoms with E-state index in [9.17, 15) is 14.7 Å². The maximum Gasteiger partial charge on any atom is 0.337 e. The van der Waals surface area contributed by atoms with Crippen LogP contribution in [0.2, 0.25) is 0 Å². The highest BCUT2D eigenvalue weighted by Crippen LogP contribution is 2.28. The van der Waals surface area contributed by atoms with Crippen molar-refractivity contribution >= 4 is 23.1 Å². The number of fused-ring (bicyclic) bond motifs is 1. The van der Waals surface area contributed by atoms with Gasteiger partial charge in [0, 0.05) is 36.6 Å². The number of nitrogens with one attached hydrogen (secondary N) is 1. The molecule has 34 heavy (non-hydrogen) atoms. The Bertz CT molecular complexity index is 1280. The van der Waals surface area contributed by atoms with Gasteiger partial charge in [-0.05, 0) is 71.5 Å². The van der Waals surface area contributed by atoms with Crippen LogP contribution in [0.25, 0.3) is 5.65 Å². The number of pyridine rings is 1. The smallest absolute Gasteiger partial charge is 0.337 e. The molecule has 1 aliphatic rings. The number of carboxylic acids is 1. The Kier molecular flexibility index (Phi) is 6.61.